The Morgan fingerprint density at radius 1 is 1.10 bits per heavy atom. The molecule has 10 heteroatoms. The van der Waals surface area contributed by atoms with Crippen LogP contribution >= 0.6 is 0 Å². The summed E-state index contributed by atoms with van der Waals surface area (Å²) in [5.74, 6) is -2.13. The Labute approximate surface area is 173 Å². The first-order valence-electron chi connectivity index (χ1n) is 9.65. The van der Waals surface area contributed by atoms with Crippen LogP contribution in [-0.4, -0.2) is 74.1 Å². The number of ether oxygens (including phenoxy) is 2. The number of nitrogens with zero attached hydrogens (tertiary/aromatic N) is 2. The Kier molecular flexibility index (Phi) is 7.11. The van der Waals surface area contributed by atoms with Gasteiger partial charge < -0.3 is 14.8 Å². The first-order valence-corrected chi connectivity index (χ1v) is 9.65. The lowest BCUT2D eigenvalue weighted by Crippen LogP contribution is -2.54. The molecule has 30 heavy (non-hydrogen) atoms. The summed E-state index contributed by atoms with van der Waals surface area (Å²) in [5, 5.41) is 5.28. The van der Waals surface area contributed by atoms with E-state index < -0.39 is 29.7 Å². The molecule has 1 aromatic carbocycles. The minimum Gasteiger partial charge on any atom is -0.382 e. The molecule has 3 rings (SSSR count). The topological polar surface area (TPSA) is 118 Å². The molecule has 1 fully saturated rings. The number of piperidine rings is 1. The van der Waals surface area contributed by atoms with Crippen LogP contribution in [0, 0.1) is 6.57 Å². The van der Waals surface area contributed by atoms with Crippen molar-refractivity contribution < 1.29 is 28.7 Å². The monoisotopic (exact) mass is 415 g/mol. The molecule has 2 aliphatic rings. The predicted molar refractivity (Wildman–Crippen MR) is 106 cm³/mol. The summed E-state index contributed by atoms with van der Waals surface area (Å²) < 4.78 is 10.7. The fraction of sp³-hybridized carbons (Fsp3) is 0.450. The van der Waals surface area contributed by atoms with E-state index >= 15 is 0 Å². The molecule has 158 valence electrons. The number of hydrogen-bond donors (Lipinski definition) is 2. The van der Waals surface area contributed by atoms with Crippen LogP contribution in [0.2, 0.25) is 0 Å². The van der Waals surface area contributed by atoms with Gasteiger partial charge >= 0.3 is 0 Å². The van der Waals surface area contributed by atoms with Crippen LogP contribution < -0.4 is 10.6 Å². The standard InChI is InChI=1S/C20H22N4O6/c1-21-7-9-29-11-12-30-10-8-22-14-4-2-3-13-17(14)20(28)24(19(13)27)15-5-6-16(25)23-18(15)26/h1-4,15H,5-12H2,(H-,22,23,25,26,28)/p+1. The molecule has 1 aromatic rings. The normalized spacial score (nSPS) is 18.2. The van der Waals surface area contributed by atoms with Crippen molar-refractivity contribution in [3.8, 4) is 6.57 Å². The molecular formula is C20H23N4O6+. The number of amides is 4. The Hall–Kier alpha value is -3.29. The fourth-order valence-corrected chi connectivity index (χ4v) is 3.36. The van der Waals surface area contributed by atoms with Gasteiger partial charge in [-0.2, -0.15) is 0 Å². The van der Waals surface area contributed by atoms with Gasteiger partial charge in [0.1, 0.15) is 12.6 Å². The second-order valence-corrected chi connectivity index (χ2v) is 6.73. The quantitative estimate of drug-likeness (QED) is 0.422. The van der Waals surface area contributed by atoms with E-state index in [4.69, 9.17) is 16.0 Å². The lowest BCUT2D eigenvalue weighted by molar-refractivity contribution is -0.136. The first-order chi connectivity index (χ1) is 14.5. The zero-order valence-electron chi connectivity index (χ0n) is 16.4. The van der Waals surface area contributed by atoms with Crippen molar-refractivity contribution in [2.24, 2.45) is 0 Å². The van der Waals surface area contributed by atoms with Crippen molar-refractivity contribution in [2.45, 2.75) is 18.9 Å². The number of benzene rings is 1. The van der Waals surface area contributed by atoms with Gasteiger partial charge in [-0.25, -0.2) is 0 Å². The zero-order chi connectivity index (χ0) is 21.5. The van der Waals surface area contributed by atoms with E-state index in [2.05, 4.69) is 15.5 Å². The van der Waals surface area contributed by atoms with Gasteiger partial charge in [-0.1, -0.05) is 10.9 Å². The third kappa shape index (κ3) is 4.64. The molecule has 0 bridgehead atoms. The Balaban J connectivity index is 1.57. The molecular weight excluding hydrogens is 392 g/mol. The maximum absolute atomic E-state index is 13.0. The van der Waals surface area contributed by atoms with Crippen LogP contribution in [0.5, 0.6) is 0 Å². The maximum Gasteiger partial charge on any atom is 0.286 e. The summed E-state index contributed by atoms with van der Waals surface area (Å²) >= 11 is 0. The minimum absolute atomic E-state index is 0.0803. The molecule has 0 radical (unpaired) electrons. The summed E-state index contributed by atoms with van der Waals surface area (Å²) in [5.41, 5.74) is 0.945. The van der Waals surface area contributed by atoms with Gasteiger partial charge in [0, 0.05) is 18.7 Å². The van der Waals surface area contributed by atoms with Gasteiger partial charge in [0.25, 0.3) is 24.9 Å². The van der Waals surface area contributed by atoms with Crippen molar-refractivity contribution in [3.05, 3.63) is 34.2 Å². The average molecular weight is 415 g/mol. The largest absolute Gasteiger partial charge is 0.382 e. The van der Waals surface area contributed by atoms with E-state index in [1.54, 1.807) is 18.2 Å². The number of carbonyl (C=O) groups is 4. The SMILES string of the molecule is C#[N+]CCOCCOCCNc1cccc2c1C(=O)N(C1CCC(=O)NC1=O)C2=O. The highest BCUT2D eigenvalue weighted by Crippen LogP contribution is 2.32. The highest BCUT2D eigenvalue weighted by molar-refractivity contribution is 6.25. The number of hydrogen-bond acceptors (Lipinski definition) is 7. The van der Waals surface area contributed by atoms with Gasteiger partial charge in [-0.05, 0) is 18.6 Å². The molecule has 1 saturated heterocycles. The van der Waals surface area contributed by atoms with E-state index in [1.807, 2.05) is 0 Å². The van der Waals surface area contributed by atoms with Crippen LogP contribution in [0.1, 0.15) is 33.6 Å². The fourth-order valence-electron chi connectivity index (χ4n) is 3.36. The minimum atomic E-state index is -0.988. The molecule has 0 saturated carbocycles. The van der Waals surface area contributed by atoms with Crippen molar-refractivity contribution in [3.63, 3.8) is 0 Å². The van der Waals surface area contributed by atoms with E-state index in [9.17, 15) is 19.2 Å². The second-order valence-electron chi connectivity index (χ2n) is 6.73. The van der Waals surface area contributed by atoms with E-state index in [0.717, 1.165) is 4.90 Å². The van der Waals surface area contributed by atoms with Crippen molar-refractivity contribution in [1.82, 2.24) is 10.2 Å². The lowest BCUT2D eigenvalue weighted by Gasteiger charge is -2.27. The maximum atomic E-state index is 13.0. The molecule has 0 spiro atoms. The third-order valence-electron chi connectivity index (χ3n) is 4.77. The van der Waals surface area contributed by atoms with Crippen molar-refractivity contribution in [1.29, 1.82) is 0 Å². The van der Waals surface area contributed by atoms with Crippen LogP contribution in [0.3, 0.4) is 0 Å². The molecule has 4 amide bonds. The molecule has 0 aromatic heterocycles. The number of imide groups is 2. The highest BCUT2D eigenvalue weighted by Gasteiger charge is 2.45. The summed E-state index contributed by atoms with van der Waals surface area (Å²) in [7, 11) is 0. The zero-order valence-corrected chi connectivity index (χ0v) is 16.4. The van der Waals surface area contributed by atoms with E-state index in [1.165, 1.54) is 0 Å². The van der Waals surface area contributed by atoms with Crippen LogP contribution in [0.15, 0.2) is 18.2 Å². The van der Waals surface area contributed by atoms with Crippen molar-refractivity contribution >= 4 is 29.3 Å². The van der Waals surface area contributed by atoms with Gasteiger partial charge in [0.2, 0.25) is 11.8 Å². The molecule has 0 aliphatic carbocycles. The van der Waals surface area contributed by atoms with E-state index in [-0.39, 0.29) is 24.0 Å². The van der Waals surface area contributed by atoms with Gasteiger partial charge in [-0.15, -0.1) is 0 Å². The van der Waals surface area contributed by atoms with Gasteiger partial charge in [-0.3, -0.25) is 29.4 Å². The molecule has 10 nitrogen and oxygen atoms in total. The van der Waals surface area contributed by atoms with Crippen LogP contribution in [0.25, 0.3) is 4.85 Å². The summed E-state index contributed by atoms with van der Waals surface area (Å²) in [4.78, 5) is 53.6. The number of rotatable bonds is 10. The Morgan fingerprint density at radius 2 is 1.87 bits per heavy atom. The van der Waals surface area contributed by atoms with Gasteiger partial charge in [0.15, 0.2) is 0 Å². The lowest BCUT2D eigenvalue weighted by atomic mass is 10.0. The first kappa shape index (κ1) is 21.4. The van der Waals surface area contributed by atoms with Crippen molar-refractivity contribution in [2.75, 3.05) is 44.8 Å². The van der Waals surface area contributed by atoms with Crippen LogP contribution in [-0.2, 0) is 19.1 Å². The molecule has 1 unspecified atom stereocenters. The number of fused-ring (bicyclic) bond motifs is 1. The number of carbonyl (C=O) groups excluding carboxylic acids is 4. The Morgan fingerprint density at radius 3 is 2.60 bits per heavy atom. The number of anilines is 1. The third-order valence-corrected chi connectivity index (χ3v) is 4.77. The number of nitrogens with one attached hydrogen (secondary N) is 2. The summed E-state index contributed by atoms with van der Waals surface area (Å²) in [6.07, 6.45) is 0.200. The van der Waals surface area contributed by atoms with Crippen LogP contribution in [0.4, 0.5) is 5.69 Å². The van der Waals surface area contributed by atoms with E-state index in [0.29, 0.717) is 45.2 Å². The second kappa shape index (κ2) is 9.96. The molecule has 2 aliphatic heterocycles. The molecule has 1 atom stereocenters. The summed E-state index contributed by atoms with van der Waals surface area (Å²) in [6, 6.07) is 3.92. The highest BCUT2D eigenvalue weighted by atomic mass is 16.5. The summed E-state index contributed by atoms with van der Waals surface area (Å²) in [6.45, 7) is 7.48. The smallest absolute Gasteiger partial charge is 0.286 e. The molecule has 2 heterocycles. The average Bonchev–Trinajstić information content (AvgIpc) is 2.98. The van der Waals surface area contributed by atoms with Gasteiger partial charge in [0.05, 0.1) is 30.9 Å². The predicted octanol–water partition coefficient (Wildman–Crippen LogP) is 0.496. The Bertz CT molecular complexity index is 894. The molecule has 2 N–H and O–H groups in total.